The molecule has 0 aromatic carbocycles. The van der Waals surface area contributed by atoms with E-state index in [1.54, 1.807) is 0 Å². The third-order valence-electron chi connectivity index (χ3n) is 7.63. The summed E-state index contributed by atoms with van der Waals surface area (Å²) < 4.78 is 68.4. The number of esters is 1. The second-order valence-electron chi connectivity index (χ2n) is 9.82. The van der Waals surface area contributed by atoms with E-state index < -0.39 is 21.6 Å². The highest BCUT2D eigenvalue weighted by Crippen LogP contribution is 2.60. The first-order valence-corrected chi connectivity index (χ1v) is 12.2. The molecule has 4 bridgehead atoms. The van der Waals surface area contributed by atoms with Crippen LogP contribution in [0.2, 0.25) is 0 Å². The Kier molecular flexibility index (Phi) is 5.68. The highest BCUT2D eigenvalue weighted by atomic mass is 32.2. The number of hydrogen-bond acceptors (Lipinski definition) is 4. The van der Waals surface area contributed by atoms with Gasteiger partial charge in [-0.2, -0.15) is 13.2 Å². The van der Waals surface area contributed by atoms with Gasteiger partial charge in [-0.15, -0.1) is 6.04 Å². The van der Waals surface area contributed by atoms with Crippen LogP contribution in [0.1, 0.15) is 70.6 Å². The molecule has 5 fully saturated rings. The lowest BCUT2D eigenvalue weighted by Crippen LogP contribution is -2.50. The van der Waals surface area contributed by atoms with E-state index in [0.29, 0.717) is 56.5 Å². The molecule has 0 aromatic heterocycles. The van der Waals surface area contributed by atoms with Gasteiger partial charge >= 0.3 is 11.5 Å². The zero-order valence-electron chi connectivity index (χ0n) is 16.5. The number of carbonyl (C=O) groups is 1. The molecule has 5 nitrogen and oxygen atoms in total. The average Bonchev–Trinajstić information content (AvgIpc) is 2.61. The summed E-state index contributed by atoms with van der Waals surface area (Å²) >= 11 is 0. The first-order chi connectivity index (χ1) is 13.6. The first kappa shape index (κ1) is 21.4. The maximum atomic E-state index is 12.8. The molecule has 0 spiro atoms. The topological polar surface area (TPSA) is 74.5 Å². The van der Waals surface area contributed by atoms with Gasteiger partial charge in [0.25, 0.3) is 0 Å². The zero-order chi connectivity index (χ0) is 20.9. The van der Waals surface area contributed by atoms with Crippen LogP contribution in [-0.2, 0) is 19.6 Å². The molecule has 5 aliphatic carbocycles. The van der Waals surface area contributed by atoms with Crippen molar-refractivity contribution in [1.82, 2.24) is 0 Å². The Morgan fingerprint density at radius 1 is 0.966 bits per heavy atom. The molecule has 5 aliphatic rings. The minimum Gasteiger partial charge on any atom is -0.538 e. The summed E-state index contributed by atoms with van der Waals surface area (Å²) in [5, 5.41) is 0. The molecule has 0 aliphatic heterocycles. The van der Waals surface area contributed by atoms with Gasteiger partial charge in [-0.3, -0.25) is 4.79 Å². The highest BCUT2D eigenvalue weighted by Gasteiger charge is 2.55. The Balaban J connectivity index is 1.19. The van der Waals surface area contributed by atoms with Crippen LogP contribution in [0, 0.1) is 29.1 Å². The van der Waals surface area contributed by atoms with Crippen LogP contribution in [0.3, 0.4) is 0 Å². The summed E-state index contributed by atoms with van der Waals surface area (Å²) in [6.07, 6.45) is 9.25. The summed E-state index contributed by atoms with van der Waals surface area (Å²) in [5.41, 5.74) is -5.59. The number of rotatable bonds is 6. The summed E-state index contributed by atoms with van der Waals surface area (Å²) in [4.78, 5) is 12.8. The van der Waals surface area contributed by atoms with Crippen LogP contribution in [0.5, 0.6) is 0 Å². The predicted octanol–water partition coefficient (Wildman–Crippen LogP) is 4.92. The summed E-state index contributed by atoms with van der Waals surface area (Å²) in [6.45, 7) is 0.341. The van der Waals surface area contributed by atoms with Crippen LogP contribution < -0.4 is 0 Å². The van der Waals surface area contributed by atoms with Crippen molar-refractivity contribution in [2.75, 3.05) is 6.61 Å². The number of halogens is 3. The summed E-state index contributed by atoms with van der Waals surface area (Å²) in [6, 6.07) is -0.799. The lowest BCUT2D eigenvalue weighted by molar-refractivity contribution is -0.172. The molecule has 0 unspecified atom stereocenters. The van der Waals surface area contributed by atoms with E-state index in [-0.39, 0.29) is 17.3 Å². The third-order valence-corrected chi connectivity index (χ3v) is 8.79. The maximum Gasteiger partial charge on any atom is 0.480 e. The second kappa shape index (κ2) is 7.70. The normalized spacial score (nSPS) is 39.5. The molecule has 0 aromatic rings. The van der Waals surface area contributed by atoms with Gasteiger partial charge in [0.05, 0.1) is 12.0 Å². The standard InChI is InChI=1S/C20H29F3NO4S/c21-20(22,23)29(26,27)24-17-3-1-13(2-4-17)5-6-28-18(25)19-10-14-7-15(11-19)9-16(8-14)12-19/h13-17H,1-12H2/q-1. The minimum atomic E-state index is -5.41. The lowest BCUT2D eigenvalue weighted by atomic mass is 9.49. The van der Waals surface area contributed by atoms with Gasteiger partial charge in [-0.1, -0.05) is 25.7 Å². The fraction of sp³-hybridized carbons (Fsp3) is 0.950. The van der Waals surface area contributed by atoms with E-state index >= 15 is 0 Å². The van der Waals surface area contributed by atoms with E-state index in [1.165, 1.54) is 19.3 Å². The number of carbonyl (C=O) groups excluding carboxylic acids is 1. The Hall–Kier alpha value is -0.830. The molecular formula is C20H29F3NO4S-. The second-order valence-corrected chi connectivity index (χ2v) is 11.4. The third kappa shape index (κ3) is 4.45. The molecule has 5 saturated carbocycles. The van der Waals surface area contributed by atoms with Crippen molar-refractivity contribution in [3.8, 4) is 0 Å². The van der Waals surface area contributed by atoms with Crippen molar-refractivity contribution in [2.24, 2.45) is 29.1 Å². The van der Waals surface area contributed by atoms with Crippen molar-refractivity contribution >= 4 is 16.0 Å². The van der Waals surface area contributed by atoms with Crippen LogP contribution in [0.15, 0.2) is 0 Å². The van der Waals surface area contributed by atoms with Crippen LogP contribution in [-0.4, -0.2) is 32.5 Å². The van der Waals surface area contributed by atoms with Gasteiger partial charge in [-0.25, -0.2) is 8.42 Å². The van der Waals surface area contributed by atoms with Crippen LogP contribution in [0.25, 0.3) is 4.72 Å². The number of ether oxygens (including phenoxy) is 1. The molecule has 0 atom stereocenters. The monoisotopic (exact) mass is 436 g/mol. The SMILES string of the molecule is O=C(OCCC1CCC([N-]S(=O)(=O)C(F)(F)F)CC1)C12CC3CC(CC(C3)C1)C2. The van der Waals surface area contributed by atoms with E-state index in [9.17, 15) is 26.4 Å². The van der Waals surface area contributed by atoms with Crippen molar-refractivity contribution in [3.63, 3.8) is 0 Å². The molecule has 0 heterocycles. The Labute approximate surface area is 170 Å². The molecule has 0 radical (unpaired) electrons. The first-order valence-electron chi connectivity index (χ1n) is 10.8. The van der Waals surface area contributed by atoms with Gasteiger partial charge in [0.1, 0.15) is 0 Å². The van der Waals surface area contributed by atoms with Gasteiger partial charge < -0.3 is 9.46 Å². The van der Waals surface area contributed by atoms with Gasteiger partial charge in [0.2, 0.25) is 0 Å². The molecule has 29 heavy (non-hydrogen) atoms. The van der Waals surface area contributed by atoms with Crippen molar-refractivity contribution < 1.29 is 31.1 Å². The summed E-state index contributed by atoms with van der Waals surface area (Å²) in [7, 11) is -5.41. The predicted molar refractivity (Wildman–Crippen MR) is 100 cm³/mol. The molecule has 9 heteroatoms. The number of hydrogen-bond donors (Lipinski definition) is 0. The molecule has 0 N–H and O–H groups in total. The van der Waals surface area contributed by atoms with Crippen LogP contribution >= 0.6 is 0 Å². The highest BCUT2D eigenvalue weighted by molar-refractivity contribution is 7.94. The van der Waals surface area contributed by atoms with Gasteiger partial charge in [0, 0.05) is 0 Å². The quantitative estimate of drug-likeness (QED) is 0.554. The molecule has 0 amide bonds. The van der Waals surface area contributed by atoms with Crippen molar-refractivity contribution in [2.45, 2.75) is 82.2 Å². The van der Waals surface area contributed by atoms with E-state index in [0.717, 1.165) is 19.3 Å². The summed E-state index contributed by atoms with van der Waals surface area (Å²) in [5.74, 6) is 2.23. The van der Waals surface area contributed by atoms with Crippen molar-refractivity contribution in [3.05, 3.63) is 4.72 Å². The van der Waals surface area contributed by atoms with Gasteiger partial charge in [0.15, 0.2) is 10.0 Å². The Bertz CT molecular complexity index is 693. The Morgan fingerprint density at radius 2 is 1.48 bits per heavy atom. The van der Waals surface area contributed by atoms with E-state index in [1.807, 2.05) is 0 Å². The largest absolute Gasteiger partial charge is 0.538 e. The van der Waals surface area contributed by atoms with E-state index in [4.69, 9.17) is 4.74 Å². The number of sulfonamides is 1. The number of nitrogens with zero attached hydrogens (tertiary/aromatic N) is 1. The molecule has 166 valence electrons. The zero-order valence-corrected chi connectivity index (χ0v) is 17.3. The van der Waals surface area contributed by atoms with Crippen molar-refractivity contribution in [1.29, 1.82) is 0 Å². The molecule has 5 rings (SSSR count). The fourth-order valence-corrected chi connectivity index (χ4v) is 7.35. The molecule has 0 saturated heterocycles. The van der Waals surface area contributed by atoms with Crippen LogP contribution in [0.4, 0.5) is 13.2 Å². The average molecular weight is 437 g/mol. The Morgan fingerprint density at radius 3 is 1.97 bits per heavy atom. The molecular weight excluding hydrogens is 407 g/mol. The lowest BCUT2D eigenvalue weighted by Gasteiger charge is -2.55. The van der Waals surface area contributed by atoms with E-state index in [2.05, 4.69) is 4.72 Å². The maximum absolute atomic E-state index is 12.8. The smallest absolute Gasteiger partial charge is 0.480 e. The fourth-order valence-electron chi connectivity index (χ4n) is 6.63. The number of alkyl halides is 3. The van der Waals surface area contributed by atoms with Gasteiger partial charge in [-0.05, 0) is 68.6 Å². The minimum absolute atomic E-state index is 0.0449.